The summed E-state index contributed by atoms with van der Waals surface area (Å²) in [7, 11) is 0. The summed E-state index contributed by atoms with van der Waals surface area (Å²) in [4.78, 5) is 0. The smallest absolute Gasteiger partial charge is 0.231 e. The van der Waals surface area contributed by atoms with Crippen LogP contribution >= 0.6 is 0 Å². The lowest BCUT2D eigenvalue weighted by Crippen LogP contribution is -2.29. The molecule has 2 rings (SSSR count). The molecule has 0 aromatic heterocycles. The molecule has 0 amide bonds. The second-order valence-corrected chi connectivity index (χ2v) is 4.43. The summed E-state index contributed by atoms with van der Waals surface area (Å²) < 4.78 is 10.6. The molecule has 1 aliphatic rings. The van der Waals surface area contributed by atoms with Crippen molar-refractivity contribution in [2.45, 2.75) is 32.7 Å². The maximum absolute atomic E-state index is 5.33. The van der Waals surface area contributed by atoms with Gasteiger partial charge in [0.05, 0.1) is 0 Å². The predicted octanol–water partition coefficient (Wildman–Crippen LogP) is 3.02. The summed E-state index contributed by atoms with van der Waals surface area (Å²) >= 11 is 0. The maximum Gasteiger partial charge on any atom is 0.231 e. The first-order chi connectivity index (χ1) is 7.11. The number of fused-ring (bicyclic) bond motifs is 1. The zero-order valence-electron chi connectivity index (χ0n) is 9.46. The number of nitrogens with one attached hydrogen (secondary N) is 1. The highest BCUT2D eigenvalue weighted by Gasteiger charge is 2.17. The average Bonchev–Trinajstić information content (AvgIpc) is 2.64. The highest BCUT2D eigenvalue weighted by Crippen LogP contribution is 2.35. The lowest BCUT2D eigenvalue weighted by molar-refractivity contribution is 0.174. The van der Waals surface area contributed by atoms with Crippen molar-refractivity contribution in [3.8, 4) is 11.5 Å². The Morgan fingerprint density at radius 1 is 1.27 bits per heavy atom. The molecular weight excluding hydrogens is 190 g/mol. The topological polar surface area (TPSA) is 30.5 Å². The van der Waals surface area contributed by atoms with Gasteiger partial charge in [0, 0.05) is 17.3 Å². The standard InChI is InChI=1S/C12H17NO2/c1-4-12(2,3)13-9-5-6-10-11(7-9)15-8-14-10/h5-7,13H,4,8H2,1-3H3. The number of hydrogen-bond donors (Lipinski definition) is 1. The Labute approximate surface area is 90.4 Å². The third-order valence-corrected chi connectivity index (χ3v) is 2.74. The summed E-state index contributed by atoms with van der Waals surface area (Å²) in [6.07, 6.45) is 1.07. The molecule has 0 aliphatic carbocycles. The second-order valence-electron chi connectivity index (χ2n) is 4.43. The molecule has 0 unspecified atom stereocenters. The first kappa shape index (κ1) is 10.1. The maximum atomic E-state index is 5.33. The van der Waals surface area contributed by atoms with E-state index in [2.05, 4.69) is 26.1 Å². The Balaban J connectivity index is 2.17. The molecule has 0 spiro atoms. The molecule has 82 valence electrons. The van der Waals surface area contributed by atoms with Crippen LogP contribution in [0.3, 0.4) is 0 Å². The molecule has 0 atom stereocenters. The number of hydrogen-bond acceptors (Lipinski definition) is 3. The van der Waals surface area contributed by atoms with Crippen LogP contribution in [-0.4, -0.2) is 12.3 Å². The van der Waals surface area contributed by atoms with Crippen molar-refractivity contribution < 1.29 is 9.47 Å². The fourth-order valence-electron chi connectivity index (χ4n) is 1.45. The van der Waals surface area contributed by atoms with Gasteiger partial charge in [-0.2, -0.15) is 0 Å². The van der Waals surface area contributed by atoms with Crippen molar-refractivity contribution >= 4 is 5.69 Å². The number of benzene rings is 1. The lowest BCUT2D eigenvalue weighted by atomic mass is 10.0. The van der Waals surface area contributed by atoms with Gasteiger partial charge in [0.2, 0.25) is 6.79 Å². The van der Waals surface area contributed by atoms with Crippen LogP contribution in [0.1, 0.15) is 27.2 Å². The van der Waals surface area contributed by atoms with Gasteiger partial charge in [-0.3, -0.25) is 0 Å². The minimum Gasteiger partial charge on any atom is -0.454 e. The molecule has 1 heterocycles. The quantitative estimate of drug-likeness (QED) is 0.826. The molecule has 0 saturated heterocycles. The van der Waals surface area contributed by atoms with E-state index in [1.165, 1.54) is 0 Å². The first-order valence-corrected chi connectivity index (χ1v) is 5.28. The van der Waals surface area contributed by atoms with Crippen molar-refractivity contribution in [1.29, 1.82) is 0 Å². The van der Waals surface area contributed by atoms with E-state index in [9.17, 15) is 0 Å². The van der Waals surface area contributed by atoms with Crippen LogP contribution in [-0.2, 0) is 0 Å². The largest absolute Gasteiger partial charge is 0.454 e. The number of anilines is 1. The Bertz CT molecular complexity index is 361. The van der Waals surface area contributed by atoms with E-state index in [4.69, 9.17) is 9.47 Å². The SMILES string of the molecule is CCC(C)(C)Nc1ccc2c(c1)OCO2. The van der Waals surface area contributed by atoms with Gasteiger partial charge in [-0.05, 0) is 32.4 Å². The van der Waals surface area contributed by atoms with Gasteiger partial charge in [0.15, 0.2) is 11.5 Å². The zero-order valence-corrected chi connectivity index (χ0v) is 9.46. The van der Waals surface area contributed by atoms with Crippen LogP contribution in [0.5, 0.6) is 11.5 Å². The van der Waals surface area contributed by atoms with Crippen LogP contribution < -0.4 is 14.8 Å². The summed E-state index contributed by atoms with van der Waals surface area (Å²) in [5.41, 5.74) is 1.18. The van der Waals surface area contributed by atoms with Crippen LogP contribution in [0, 0.1) is 0 Å². The Morgan fingerprint density at radius 2 is 2.00 bits per heavy atom. The molecular formula is C12H17NO2. The van der Waals surface area contributed by atoms with Gasteiger partial charge < -0.3 is 14.8 Å². The van der Waals surface area contributed by atoms with E-state index in [0.29, 0.717) is 6.79 Å². The summed E-state index contributed by atoms with van der Waals surface area (Å²) in [6.45, 7) is 6.85. The average molecular weight is 207 g/mol. The highest BCUT2D eigenvalue weighted by atomic mass is 16.7. The number of rotatable bonds is 3. The van der Waals surface area contributed by atoms with Gasteiger partial charge >= 0.3 is 0 Å². The Hall–Kier alpha value is -1.38. The third-order valence-electron chi connectivity index (χ3n) is 2.74. The van der Waals surface area contributed by atoms with Gasteiger partial charge in [-0.25, -0.2) is 0 Å². The molecule has 1 aromatic carbocycles. The van der Waals surface area contributed by atoms with E-state index in [1.54, 1.807) is 0 Å². The van der Waals surface area contributed by atoms with Crippen molar-refractivity contribution in [2.75, 3.05) is 12.1 Å². The second kappa shape index (κ2) is 3.65. The Morgan fingerprint density at radius 3 is 2.73 bits per heavy atom. The van der Waals surface area contributed by atoms with Crippen molar-refractivity contribution in [1.82, 2.24) is 0 Å². The van der Waals surface area contributed by atoms with Crippen LogP contribution in [0.4, 0.5) is 5.69 Å². The van der Waals surface area contributed by atoms with Crippen molar-refractivity contribution in [2.24, 2.45) is 0 Å². The molecule has 3 heteroatoms. The highest BCUT2D eigenvalue weighted by molar-refractivity contribution is 5.56. The lowest BCUT2D eigenvalue weighted by Gasteiger charge is -2.25. The fourth-order valence-corrected chi connectivity index (χ4v) is 1.45. The van der Waals surface area contributed by atoms with E-state index in [-0.39, 0.29) is 5.54 Å². The van der Waals surface area contributed by atoms with Crippen LogP contribution in [0.15, 0.2) is 18.2 Å². The van der Waals surface area contributed by atoms with Crippen LogP contribution in [0.25, 0.3) is 0 Å². The molecule has 0 radical (unpaired) electrons. The summed E-state index contributed by atoms with van der Waals surface area (Å²) in [5.74, 6) is 1.65. The van der Waals surface area contributed by atoms with E-state index in [0.717, 1.165) is 23.6 Å². The van der Waals surface area contributed by atoms with Crippen LogP contribution in [0.2, 0.25) is 0 Å². The number of ether oxygens (including phenoxy) is 2. The van der Waals surface area contributed by atoms with Gasteiger partial charge in [-0.1, -0.05) is 6.92 Å². The minimum absolute atomic E-state index is 0.105. The molecule has 3 nitrogen and oxygen atoms in total. The Kier molecular flexibility index (Phi) is 2.47. The third kappa shape index (κ3) is 2.17. The van der Waals surface area contributed by atoms with Crippen molar-refractivity contribution in [3.63, 3.8) is 0 Å². The van der Waals surface area contributed by atoms with Crippen molar-refractivity contribution in [3.05, 3.63) is 18.2 Å². The monoisotopic (exact) mass is 207 g/mol. The molecule has 0 fully saturated rings. The first-order valence-electron chi connectivity index (χ1n) is 5.28. The molecule has 15 heavy (non-hydrogen) atoms. The molecule has 1 N–H and O–H groups in total. The molecule has 1 aliphatic heterocycles. The van der Waals surface area contributed by atoms with Gasteiger partial charge in [-0.15, -0.1) is 0 Å². The summed E-state index contributed by atoms with van der Waals surface area (Å²) in [6, 6.07) is 5.95. The van der Waals surface area contributed by atoms with E-state index < -0.39 is 0 Å². The normalized spacial score (nSPS) is 14.1. The molecule has 0 saturated carbocycles. The summed E-state index contributed by atoms with van der Waals surface area (Å²) in [5, 5.41) is 3.46. The van der Waals surface area contributed by atoms with Gasteiger partial charge in [0.1, 0.15) is 0 Å². The predicted molar refractivity (Wildman–Crippen MR) is 60.6 cm³/mol. The molecule has 0 bridgehead atoms. The minimum atomic E-state index is 0.105. The molecule has 1 aromatic rings. The van der Waals surface area contributed by atoms with E-state index >= 15 is 0 Å². The van der Waals surface area contributed by atoms with Gasteiger partial charge in [0.25, 0.3) is 0 Å². The zero-order chi connectivity index (χ0) is 10.9. The fraction of sp³-hybridized carbons (Fsp3) is 0.500. The van der Waals surface area contributed by atoms with E-state index in [1.807, 2.05) is 18.2 Å².